The van der Waals surface area contributed by atoms with Crippen LogP contribution in [0.2, 0.25) is 5.02 Å². The van der Waals surface area contributed by atoms with Gasteiger partial charge in [0.2, 0.25) is 0 Å². The Morgan fingerprint density at radius 3 is 2.25 bits per heavy atom. The van der Waals surface area contributed by atoms with Gasteiger partial charge in [0.1, 0.15) is 5.75 Å². The summed E-state index contributed by atoms with van der Waals surface area (Å²) < 4.78 is 5.35. The average Bonchev–Trinajstić information content (AvgIpc) is 2.29. The van der Waals surface area contributed by atoms with Crippen molar-refractivity contribution in [2.45, 2.75) is 20.8 Å². The lowest BCUT2D eigenvalue weighted by Crippen LogP contribution is -2.00. The molecule has 3 heteroatoms. The monoisotopic (exact) mass is 235 g/mol. The Labute approximate surface area is 101 Å². The molecule has 0 aliphatic heterocycles. The maximum absolute atomic E-state index is 8.94. The van der Waals surface area contributed by atoms with E-state index in [9.17, 15) is 0 Å². The normalized spacial score (nSPS) is 9.75. The average molecular weight is 236 g/mol. The summed E-state index contributed by atoms with van der Waals surface area (Å²) >= 11 is 6.21. The van der Waals surface area contributed by atoms with Gasteiger partial charge in [-0.25, -0.2) is 0 Å². The molecule has 1 aromatic carbocycles. The van der Waals surface area contributed by atoms with Crippen LogP contribution in [0, 0.1) is 32.1 Å². The molecule has 0 aliphatic rings. The molecular formula is C13H14ClNO. The number of allylic oxidation sites excluding steroid dienone is 1. The maximum Gasteiger partial charge on any atom is 0.130 e. The lowest BCUT2D eigenvalue weighted by atomic mass is 9.95. The number of hydrogen-bond donors (Lipinski definition) is 0. The summed E-state index contributed by atoms with van der Waals surface area (Å²) in [5.74, 6) is 0.686. The fraction of sp³-hybridized carbons (Fsp3) is 0.308. The zero-order valence-corrected chi connectivity index (χ0v) is 10.7. The van der Waals surface area contributed by atoms with Gasteiger partial charge in [-0.15, -0.1) is 0 Å². The van der Waals surface area contributed by atoms with E-state index < -0.39 is 0 Å². The molecule has 0 saturated heterocycles. The first-order valence-electron chi connectivity index (χ1n) is 4.88. The number of ether oxygens (including phenoxy) is 1. The molecule has 0 aliphatic carbocycles. The summed E-state index contributed by atoms with van der Waals surface area (Å²) in [6, 6.07) is 2.04. The highest BCUT2D eigenvalue weighted by molar-refractivity contribution is 6.32. The second kappa shape index (κ2) is 4.59. The SMILES string of the molecule is C=C(C#N)c1c(C)c(Cl)c(C)c(C)c1OC. The van der Waals surface area contributed by atoms with Crippen molar-refractivity contribution in [1.82, 2.24) is 0 Å². The Balaban J connectivity index is 3.72. The fourth-order valence-corrected chi connectivity index (χ4v) is 1.99. The molecule has 16 heavy (non-hydrogen) atoms. The van der Waals surface area contributed by atoms with Crippen molar-refractivity contribution < 1.29 is 4.74 Å². The number of methoxy groups -OCH3 is 1. The minimum Gasteiger partial charge on any atom is -0.496 e. The smallest absolute Gasteiger partial charge is 0.130 e. The zero-order chi connectivity index (χ0) is 12.5. The molecule has 0 radical (unpaired) electrons. The van der Waals surface area contributed by atoms with Crippen LogP contribution in [0.25, 0.3) is 5.57 Å². The lowest BCUT2D eigenvalue weighted by Gasteiger charge is -2.17. The van der Waals surface area contributed by atoms with Crippen LogP contribution in [-0.2, 0) is 0 Å². The number of benzene rings is 1. The number of rotatable bonds is 2. The predicted molar refractivity (Wildman–Crippen MR) is 66.9 cm³/mol. The van der Waals surface area contributed by atoms with Gasteiger partial charge in [-0.2, -0.15) is 5.26 Å². The van der Waals surface area contributed by atoms with Gasteiger partial charge in [-0.1, -0.05) is 18.2 Å². The third kappa shape index (κ3) is 1.79. The van der Waals surface area contributed by atoms with Crippen molar-refractivity contribution in [3.63, 3.8) is 0 Å². The third-order valence-electron chi connectivity index (χ3n) is 2.80. The molecular weight excluding hydrogens is 222 g/mol. The summed E-state index contributed by atoms with van der Waals surface area (Å²) in [4.78, 5) is 0. The first-order valence-corrected chi connectivity index (χ1v) is 5.26. The number of nitriles is 1. The van der Waals surface area contributed by atoms with Crippen LogP contribution >= 0.6 is 11.6 Å². The van der Waals surface area contributed by atoms with Gasteiger partial charge in [-0.3, -0.25) is 0 Å². The molecule has 0 amide bonds. The molecule has 0 bridgehead atoms. The van der Waals surface area contributed by atoms with Crippen molar-refractivity contribution in [2.24, 2.45) is 0 Å². The van der Waals surface area contributed by atoms with Gasteiger partial charge in [0.25, 0.3) is 0 Å². The number of hydrogen-bond acceptors (Lipinski definition) is 2. The van der Waals surface area contributed by atoms with Crippen molar-refractivity contribution >= 4 is 17.2 Å². The van der Waals surface area contributed by atoms with E-state index in [1.165, 1.54) is 0 Å². The summed E-state index contributed by atoms with van der Waals surface area (Å²) in [5, 5.41) is 9.61. The van der Waals surface area contributed by atoms with E-state index in [-0.39, 0.29) is 0 Å². The number of halogens is 1. The standard InChI is InChI=1S/C13H14ClNO/c1-7(6-15)11-10(4)12(14)8(2)9(3)13(11)16-5/h1H2,2-5H3. The van der Waals surface area contributed by atoms with Crippen molar-refractivity contribution in [3.8, 4) is 11.8 Å². The zero-order valence-electron chi connectivity index (χ0n) is 9.94. The quantitative estimate of drug-likeness (QED) is 0.731. The van der Waals surface area contributed by atoms with E-state index in [4.69, 9.17) is 21.6 Å². The summed E-state index contributed by atoms with van der Waals surface area (Å²) in [5.41, 5.74) is 3.85. The van der Waals surface area contributed by atoms with Crippen LogP contribution in [-0.4, -0.2) is 7.11 Å². The maximum atomic E-state index is 8.94. The third-order valence-corrected chi connectivity index (χ3v) is 3.37. The highest BCUT2D eigenvalue weighted by Gasteiger charge is 2.18. The second-order valence-electron chi connectivity index (χ2n) is 3.69. The van der Waals surface area contributed by atoms with Gasteiger partial charge in [-0.05, 0) is 37.5 Å². The number of nitrogens with zero attached hydrogens (tertiary/aromatic N) is 1. The summed E-state index contributed by atoms with van der Waals surface area (Å²) in [6.45, 7) is 9.46. The predicted octanol–water partition coefficient (Wildman–Crippen LogP) is 3.81. The van der Waals surface area contributed by atoms with E-state index in [1.807, 2.05) is 26.8 Å². The Bertz CT molecular complexity index is 498. The molecule has 0 saturated carbocycles. The van der Waals surface area contributed by atoms with Crippen LogP contribution in [0.15, 0.2) is 6.58 Å². The Morgan fingerprint density at radius 1 is 1.25 bits per heavy atom. The van der Waals surface area contributed by atoms with Crippen LogP contribution in [0.3, 0.4) is 0 Å². The van der Waals surface area contributed by atoms with E-state index in [2.05, 4.69) is 6.58 Å². The van der Waals surface area contributed by atoms with Gasteiger partial charge < -0.3 is 4.74 Å². The van der Waals surface area contributed by atoms with Gasteiger partial charge in [0.15, 0.2) is 0 Å². The molecule has 0 spiro atoms. The molecule has 0 heterocycles. The lowest BCUT2D eigenvalue weighted by molar-refractivity contribution is 0.410. The van der Waals surface area contributed by atoms with E-state index in [0.29, 0.717) is 21.9 Å². The van der Waals surface area contributed by atoms with Gasteiger partial charge >= 0.3 is 0 Å². The largest absolute Gasteiger partial charge is 0.496 e. The molecule has 1 rings (SSSR count). The highest BCUT2D eigenvalue weighted by atomic mass is 35.5. The summed E-state index contributed by atoms with van der Waals surface area (Å²) in [7, 11) is 1.59. The Hall–Kier alpha value is -1.46. The summed E-state index contributed by atoms with van der Waals surface area (Å²) in [6.07, 6.45) is 0. The minimum absolute atomic E-state index is 0.374. The molecule has 0 atom stereocenters. The Morgan fingerprint density at radius 2 is 1.81 bits per heavy atom. The van der Waals surface area contributed by atoms with E-state index >= 15 is 0 Å². The Kier molecular flexibility index (Phi) is 3.62. The van der Waals surface area contributed by atoms with Crippen molar-refractivity contribution in [3.05, 3.63) is 33.9 Å². The molecule has 0 aromatic heterocycles. The molecule has 84 valence electrons. The van der Waals surface area contributed by atoms with Crippen LogP contribution < -0.4 is 4.74 Å². The topological polar surface area (TPSA) is 33.0 Å². The van der Waals surface area contributed by atoms with Gasteiger partial charge in [0, 0.05) is 10.6 Å². The van der Waals surface area contributed by atoms with Crippen LogP contribution in [0.5, 0.6) is 5.75 Å². The first kappa shape index (κ1) is 12.6. The fourth-order valence-electron chi connectivity index (χ4n) is 1.76. The van der Waals surface area contributed by atoms with Crippen LogP contribution in [0.4, 0.5) is 0 Å². The minimum atomic E-state index is 0.374. The van der Waals surface area contributed by atoms with Crippen molar-refractivity contribution in [2.75, 3.05) is 7.11 Å². The molecule has 2 nitrogen and oxygen atoms in total. The molecule has 0 fully saturated rings. The van der Waals surface area contributed by atoms with Gasteiger partial charge in [0.05, 0.1) is 18.8 Å². The molecule has 1 aromatic rings. The van der Waals surface area contributed by atoms with Crippen molar-refractivity contribution in [1.29, 1.82) is 5.26 Å². The van der Waals surface area contributed by atoms with Crippen LogP contribution in [0.1, 0.15) is 22.3 Å². The van der Waals surface area contributed by atoms with E-state index in [0.717, 1.165) is 16.7 Å². The molecule has 0 N–H and O–H groups in total. The molecule has 0 unspecified atom stereocenters. The second-order valence-corrected chi connectivity index (χ2v) is 4.07. The highest BCUT2D eigenvalue weighted by Crippen LogP contribution is 2.38. The first-order chi connectivity index (χ1) is 7.45. The van der Waals surface area contributed by atoms with E-state index in [1.54, 1.807) is 7.11 Å².